The van der Waals surface area contributed by atoms with Crippen molar-refractivity contribution in [3.8, 4) is 0 Å². The van der Waals surface area contributed by atoms with Crippen LogP contribution in [0.15, 0.2) is 11.0 Å². The molecule has 0 saturated heterocycles. The van der Waals surface area contributed by atoms with Gasteiger partial charge in [-0.2, -0.15) is 18.3 Å². The Morgan fingerprint density at radius 1 is 1.50 bits per heavy atom. The van der Waals surface area contributed by atoms with Crippen LogP contribution in [0.3, 0.4) is 0 Å². The molecule has 1 aromatic rings. The van der Waals surface area contributed by atoms with Gasteiger partial charge in [0.2, 0.25) is 0 Å². The highest BCUT2D eigenvalue weighted by Gasteiger charge is 2.39. The minimum atomic E-state index is -4.70. The Hall–Kier alpha value is -1.57. The lowest BCUT2D eigenvalue weighted by Crippen LogP contribution is -2.45. The second-order valence-corrected chi connectivity index (χ2v) is 4.43. The van der Waals surface area contributed by atoms with Crippen LogP contribution in [0.4, 0.5) is 18.9 Å². The van der Waals surface area contributed by atoms with E-state index in [0.717, 1.165) is 6.20 Å². The zero-order valence-electron chi connectivity index (χ0n) is 9.66. The smallest absolute Gasteiger partial charge is 0.380 e. The van der Waals surface area contributed by atoms with Gasteiger partial charge in [0, 0.05) is 19.1 Å². The molecule has 0 spiro atoms. The van der Waals surface area contributed by atoms with Crippen LogP contribution in [0.5, 0.6) is 0 Å². The summed E-state index contributed by atoms with van der Waals surface area (Å²) >= 11 is 0. The zero-order valence-corrected chi connectivity index (χ0v) is 9.66. The summed E-state index contributed by atoms with van der Waals surface area (Å²) in [5.74, 6) is 0. The summed E-state index contributed by atoms with van der Waals surface area (Å²) in [6.45, 7) is 0. The molecule has 5 nitrogen and oxygen atoms in total. The van der Waals surface area contributed by atoms with Gasteiger partial charge in [-0.25, -0.2) is 4.68 Å². The summed E-state index contributed by atoms with van der Waals surface area (Å²) in [5, 5.41) is 6.27. The van der Waals surface area contributed by atoms with Gasteiger partial charge in [0.1, 0.15) is 5.56 Å². The summed E-state index contributed by atoms with van der Waals surface area (Å²) < 4.78 is 39.2. The van der Waals surface area contributed by atoms with Gasteiger partial charge in [-0.15, -0.1) is 0 Å². The second kappa shape index (κ2) is 4.27. The molecule has 18 heavy (non-hydrogen) atoms. The maximum atomic E-state index is 12.8. The lowest BCUT2D eigenvalue weighted by molar-refractivity contribution is -0.138. The maximum Gasteiger partial charge on any atom is 0.423 e. The highest BCUT2D eigenvalue weighted by molar-refractivity contribution is 5.50. The topological polar surface area (TPSA) is 72.9 Å². The number of nitrogens with one attached hydrogen (secondary N) is 1. The molecule has 2 rings (SSSR count). The van der Waals surface area contributed by atoms with Gasteiger partial charge in [0.25, 0.3) is 5.56 Å². The molecule has 3 N–H and O–H groups in total. The van der Waals surface area contributed by atoms with Gasteiger partial charge in [-0.1, -0.05) is 0 Å². The van der Waals surface area contributed by atoms with E-state index < -0.39 is 17.3 Å². The second-order valence-electron chi connectivity index (χ2n) is 4.43. The molecular formula is C10H13F3N4O. The van der Waals surface area contributed by atoms with E-state index in [0.29, 0.717) is 17.5 Å². The number of hydrogen-bond donors (Lipinski definition) is 2. The Bertz CT molecular complexity index is 505. The molecule has 0 radical (unpaired) electrons. The summed E-state index contributed by atoms with van der Waals surface area (Å²) in [6, 6.07) is -0.119. The Kier molecular flexibility index (Phi) is 3.05. The molecule has 1 aliphatic rings. The van der Waals surface area contributed by atoms with E-state index in [2.05, 4.69) is 10.4 Å². The molecule has 1 heterocycles. The predicted molar refractivity (Wildman–Crippen MR) is 59.1 cm³/mol. The highest BCUT2D eigenvalue weighted by atomic mass is 19.4. The quantitative estimate of drug-likeness (QED) is 0.823. The van der Waals surface area contributed by atoms with Gasteiger partial charge in [0.05, 0.1) is 11.9 Å². The van der Waals surface area contributed by atoms with E-state index in [4.69, 9.17) is 5.73 Å². The van der Waals surface area contributed by atoms with E-state index in [-0.39, 0.29) is 17.8 Å². The Morgan fingerprint density at radius 3 is 2.61 bits per heavy atom. The average molecular weight is 262 g/mol. The Morgan fingerprint density at radius 2 is 2.11 bits per heavy atom. The van der Waals surface area contributed by atoms with Crippen molar-refractivity contribution >= 4 is 5.69 Å². The van der Waals surface area contributed by atoms with Crippen molar-refractivity contribution in [3.05, 3.63) is 22.1 Å². The number of anilines is 1. The van der Waals surface area contributed by atoms with Crippen LogP contribution >= 0.6 is 0 Å². The summed E-state index contributed by atoms with van der Waals surface area (Å²) in [4.78, 5) is 11.5. The van der Waals surface area contributed by atoms with Crippen LogP contribution < -0.4 is 16.6 Å². The van der Waals surface area contributed by atoms with E-state index in [9.17, 15) is 18.0 Å². The summed E-state index contributed by atoms with van der Waals surface area (Å²) in [6.07, 6.45) is -2.50. The van der Waals surface area contributed by atoms with Crippen molar-refractivity contribution in [1.82, 2.24) is 9.78 Å². The van der Waals surface area contributed by atoms with E-state index in [1.165, 1.54) is 7.05 Å². The molecule has 1 aliphatic carbocycles. The third-order valence-corrected chi connectivity index (χ3v) is 2.95. The number of nitrogens with two attached hydrogens (primary N) is 1. The minimum absolute atomic E-state index is 0.0105. The molecule has 100 valence electrons. The SMILES string of the molecule is Cn1ncc(NC2CC(N)C2)c(C(F)(F)F)c1=O. The first-order valence-corrected chi connectivity index (χ1v) is 5.44. The van der Waals surface area contributed by atoms with Crippen LogP contribution in [-0.2, 0) is 13.2 Å². The number of nitrogens with zero attached hydrogens (tertiary/aromatic N) is 2. The maximum absolute atomic E-state index is 12.8. The van der Waals surface area contributed by atoms with E-state index in [1.54, 1.807) is 0 Å². The van der Waals surface area contributed by atoms with Crippen molar-refractivity contribution < 1.29 is 13.2 Å². The summed E-state index contributed by atoms with van der Waals surface area (Å²) in [5.41, 5.74) is 2.92. The fraction of sp³-hybridized carbons (Fsp3) is 0.600. The minimum Gasteiger partial charge on any atom is -0.380 e. The molecule has 0 aromatic carbocycles. The van der Waals surface area contributed by atoms with Crippen molar-refractivity contribution in [1.29, 1.82) is 0 Å². The Balaban J connectivity index is 2.35. The van der Waals surface area contributed by atoms with Gasteiger partial charge in [-0.3, -0.25) is 4.79 Å². The first kappa shape index (κ1) is 12.9. The molecule has 8 heteroatoms. The van der Waals surface area contributed by atoms with Gasteiger partial charge >= 0.3 is 6.18 Å². The molecule has 1 fully saturated rings. The van der Waals surface area contributed by atoms with Crippen LogP contribution in [0.1, 0.15) is 18.4 Å². The number of aryl methyl sites for hydroxylation is 1. The molecule has 0 bridgehead atoms. The molecule has 0 aliphatic heterocycles. The normalized spacial score (nSPS) is 23.6. The highest BCUT2D eigenvalue weighted by Crippen LogP contribution is 2.33. The number of rotatable bonds is 2. The largest absolute Gasteiger partial charge is 0.423 e. The molecule has 1 aromatic heterocycles. The number of aromatic nitrogens is 2. The van der Waals surface area contributed by atoms with Crippen molar-refractivity contribution in [2.24, 2.45) is 12.8 Å². The first-order valence-electron chi connectivity index (χ1n) is 5.44. The van der Waals surface area contributed by atoms with Crippen molar-refractivity contribution in [2.45, 2.75) is 31.1 Å². The fourth-order valence-electron chi connectivity index (χ4n) is 1.92. The first-order chi connectivity index (χ1) is 8.29. The van der Waals surface area contributed by atoms with Gasteiger partial charge in [0.15, 0.2) is 0 Å². The van der Waals surface area contributed by atoms with Crippen molar-refractivity contribution in [3.63, 3.8) is 0 Å². The van der Waals surface area contributed by atoms with E-state index in [1.807, 2.05) is 0 Å². The molecule has 0 unspecified atom stereocenters. The molecule has 0 amide bonds. The average Bonchev–Trinajstić information content (AvgIpc) is 2.19. The Labute approximate surface area is 101 Å². The fourth-order valence-corrected chi connectivity index (χ4v) is 1.92. The lowest BCUT2D eigenvalue weighted by Gasteiger charge is -2.34. The molecule has 1 saturated carbocycles. The third-order valence-electron chi connectivity index (χ3n) is 2.95. The van der Waals surface area contributed by atoms with E-state index >= 15 is 0 Å². The standard InChI is InChI=1S/C10H13F3N4O/c1-17-9(18)8(10(11,12)13)7(4-15-17)16-6-2-5(14)3-6/h4-6,16H,2-3,14H2,1H3. The predicted octanol–water partition coefficient (Wildman–Crippen LogP) is 0.701. The number of hydrogen-bond acceptors (Lipinski definition) is 4. The third kappa shape index (κ3) is 2.33. The molecular weight excluding hydrogens is 249 g/mol. The van der Waals surface area contributed by atoms with Gasteiger partial charge in [-0.05, 0) is 12.8 Å². The number of alkyl halides is 3. The zero-order chi connectivity index (χ0) is 13.5. The van der Waals surface area contributed by atoms with Crippen LogP contribution in [-0.4, -0.2) is 21.9 Å². The lowest BCUT2D eigenvalue weighted by atomic mass is 9.87. The van der Waals surface area contributed by atoms with Crippen molar-refractivity contribution in [2.75, 3.05) is 5.32 Å². The molecule has 0 atom stereocenters. The monoisotopic (exact) mass is 262 g/mol. The van der Waals surface area contributed by atoms with Gasteiger partial charge < -0.3 is 11.1 Å². The van der Waals surface area contributed by atoms with Crippen LogP contribution in [0, 0.1) is 0 Å². The number of halogens is 3. The van der Waals surface area contributed by atoms with Crippen LogP contribution in [0.25, 0.3) is 0 Å². The summed E-state index contributed by atoms with van der Waals surface area (Å²) in [7, 11) is 1.18. The van der Waals surface area contributed by atoms with Crippen LogP contribution in [0.2, 0.25) is 0 Å².